The lowest BCUT2D eigenvalue weighted by molar-refractivity contribution is 0.0512. The van der Waals surface area contributed by atoms with Gasteiger partial charge in [0, 0.05) is 6.54 Å². The Bertz CT molecular complexity index is 595. The molecule has 1 heterocycles. The van der Waals surface area contributed by atoms with Gasteiger partial charge in [0.15, 0.2) is 0 Å². The molecule has 0 saturated carbocycles. The molecule has 20 heavy (non-hydrogen) atoms. The van der Waals surface area contributed by atoms with Crippen molar-refractivity contribution in [1.82, 2.24) is 0 Å². The zero-order valence-corrected chi connectivity index (χ0v) is 10.9. The molecule has 0 radical (unpaired) electrons. The minimum absolute atomic E-state index is 0.0980. The van der Waals surface area contributed by atoms with Crippen molar-refractivity contribution in [2.45, 2.75) is 12.5 Å². The largest absolute Gasteiger partial charge is 0.377 e. The van der Waals surface area contributed by atoms with Gasteiger partial charge in [0.2, 0.25) is 0 Å². The minimum atomic E-state index is -0.589. The second-order valence-electron chi connectivity index (χ2n) is 4.79. The number of hydrogen-bond acceptors (Lipinski definition) is 2. The molecule has 2 nitrogen and oxygen atoms in total. The Balaban J connectivity index is 1.77. The van der Waals surface area contributed by atoms with Crippen molar-refractivity contribution in [3.8, 4) is 0 Å². The molecule has 0 aromatic heterocycles. The van der Waals surface area contributed by atoms with Crippen LogP contribution in [-0.4, -0.2) is 13.2 Å². The van der Waals surface area contributed by atoms with Crippen LogP contribution in [0.25, 0.3) is 0 Å². The van der Waals surface area contributed by atoms with Gasteiger partial charge in [-0.2, -0.15) is 0 Å². The van der Waals surface area contributed by atoms with Crippen molar-refractivity contribution in [3.05, 3.63) is 65.2 Å². The Morgan fingerprint density at radius 2 is 1.80 bits per heavy atom. The zero-order chi connectivity index (χ0) is 13.9. The lowest BCUT2D eigenvalue weighted by Crippen LogP contribution is -2.23. The number of anilines is 1. The maximum Gasteiger partial charge on any atom is 0.149 e. The molecule has 0 fully saturated rings. The Hall–Kier alpha value is -1.94. The van der Waals surface area contributed by atoms with Crippen LogP contribution >= 0.6 is 0 Å². The predicted molar refractivity (Wildman–Crippen MR) is 73.7 cm³/mol. The predicted octanol–water partition coefficient (Wildman–Crippen LogP) is 3.69. The van der Waals surface area contributed by atoms with E-state index in [1.807, 2.05) is 18.2 Å². The molecule has 2 aromatic rings. The summed E-state index contributed by atoms with van der Waals surface area (Å²) in [5.41, 5.74) is 2.22. The fourth-order valence-electron chi connectivity index (χ4n) is 2.51. The van der Waals surface area contributed by atoms with Gasteiger partial charge >= 0.3 is 0 Å². The average molecular weight is 275 g/mol. The summed E-state index contributed by atoms with van der Waals surface area (Å²) >= 11 is 0. The van der Waals surface area contributed by atoms with Crippen LogP contribution in [0.2, 0.25) is 0 Å². The van der Waals surface area contributed by atoms with Crippen molar-refractivity contribution in [2.75, 3.05) is 18.5 Å². The molecule has 0 saturated heterocycles. The van der Waals surface area contributed by atoms with E-state index in [-0.39, 0.29) is 11.8 Å². The highest BCUT2D eigenvalue weighted by atomic mass is 19.1. The molecule has 0 bridgehead atoms. The number of para-hydroxylation sites is 1. The molecule has 0 amide bonds. The van der Waals surface area contributed by atoms with Crippen LogP contribution in [0.3, 0.4) is 0 Å². The van der Waals surface area contributed by atoms with Crippen LogP contribution in [0.4, 0.5) is 14.5 Å². The van der Waals surface area contributed by atoms with Crippen LogP contribution in [0.1, 0.15) is 17.2 Å². The molecule has 1 aliphatic rings. The topological polar surface area (TPSA) is 21.3 Å². The molecule has 0 aliphatic carbocycles. The van der Waals surface area contributed by atoms with Crippen molar-refractivity contribution < 1.29 is 13.5 Å². The van der Waals surface area contributed by atoms with Gasteiger partial charge in [-0.25, -0.2) is 8.78 Å². The molecule has 3 rings (SSSR count). The van der Waals surface area contributed by atoms with E-state index in [2.05, 4.69) is 11.4 Å². The molecule has 0 spiro atoms. The SMILES string of the molecule is Fc1cccc(F)c1NCC1OCCc2ccccc21. The smallest absolute Gasteiger partial charge is 0.149 e. The summed E-state index contributed by atoms with van der Waals surface area (Å²) in [6.07, 6.45) is 0.694. The summed E-state index contributed by atoms with van der Waals surface area (Å²) in [6, 6.07) is 11.8. The highest BCUT2D eigenvalue weighted by Crippen LogP contribution is 2.28. The van der Waals surface area contributed by atoms with E-state index < -0.39 is 11.6 Å². The average Bonchev–Trinajstić information content (AvgIpc) is 2.47. The molecule has 4 heteroatoms. The molecular formula is C16H15F2NO. The van der Waals surface area contributed by atoms with E-state index in [9.17, 15) is 8.78 Å². The number of hydrogen-bond donors (Lipinski definition) is 1. The first-order valence-corrected chi connectivity index (χ1v) is 6.63. The summed E-state index contributed by atoms with van der Waals surface area (Å²) in [7, 11) is 0. The van der Waals surface area contributed by atoms with Gasteiger partial charge in [-0.05, 0) is 29.7 Å². The fraction of sp³-hybridized carbons (Fsp3) is 0.250. The van der Waals surface area contributed by atoms with Crippen molar-refractivity contribution in [1.29, 1.82) is 0 Å². The molecule has 104 valence electrons. The first-order chi connectivity index (χ1) is 9.75. The van der Waals surface area contributed by atoms with Gasteiger partial charge in [0.25, 0.3) is 0 Å². The third kappa shape index (κ3) is 2.51. The third-order valence-corrected chi connectivity index (χ3v) is 3.52. The first-order valence-electron chi connectivity index (χ1n) is 6.63. The Kier molecular flexibility index (Phi) is 3.65. The monoisotopic (exact) mass is 275 g/mol. The number of halogens is 2. The highest BCUT2D eigenvalue weighted by molar-refractivity contribution is 5.46. The molecular weight excluding hydrogens is 260 g/mol. The zero-order valence-electron chi connectivity index (χ0n) is 10.9. The normalized spacial score (nSPS) is 17.6. The van der Waals surface area contributed by atoms with Crippen LogP contribution in [-0.2, 0) is 11.2 Å². The fourth-order valence-corrected chi connectivity index (χ4v) is 2.51. The summed E-state index contributed by atoms with van der Waals surface area (Å²) in [6.45, 7) is 0.970. The quantitative estimate of drug-likeness (QED) is 0.922. The number of benzene rings is 2. The van der Waals surface area contributed by atoms with E-state index in [1.54, 1.807) is 0 Å². The number of fused-ring (bicyclic) bond motifs is 1. The maximum atomic E-state index is 13.6. The third-order valence-electron chi connectivity index (χ3n) is 3.52. The van der Waals surface area contributed by atoms with Gasteiger partial charge in [-0.3, -0.25) is 0 Å². The second kappa shape index (κ2) is 5.59. The van der Waals surface area contributed by atoms with Crippen molar-refractivity contribution in [3.63, 3.8) is 0 Å². The highest BCUT2D eigenvalue weighted by Gasteiger charge is 2.21. The summed E-state index contributed by atoms with van der Waals surface area (Å²) in [5, 5.41) is 2.82. The van der Waals surface area contributed by atoms with Crippen molar-refractivity contribution in [2.24, 2.45) is 0 Å². The van der Waals surface area contributed by atoms with Gasteiger partial charge in [-0.1, -0.05) is 30.3 Å². The molecule has 1 N–H and O–H groups in total. The van der Waals surface area contributed by atoms with Gasteiger partial charge in [0.1, 0.15) is 17.3 Å². The second-order valence-corrected chi connectivity index (χ2v) is 4.79. The maximum absolute atomic E-state index is 13.6. The van der Waals surface area contributed by atoms with E-state index in [1.165, 1.54) is 23.8 Å². The molecule has 1 atom stereocenters. The standard InChI is InChI=1S/C16H15F2NO/c17-13-6-3-7-14(18)16(13)19-10-15-12-5-2-1-4-11(12)8-9-20-15/h1-7,15,19H,8-10H2. The van der Waals surface area contributed by atoms with E-state index >= 15 is 0 Å². The summed E-state index contributed by atoms with van der Waals surface area (Å²) in [5.74, 6) is -1.18. The number of ether oxygens (including phenoxy) is 1. The van der Waals surface area contributed by atoms with Crippen LogP contribution < -0.4 is 5.32 Å². The minimum Gasteiger partial charge on any atom is -0.377 e. The lowest BCUT2D eigenvalue weighted by Gasteiger charge is -2.26. The lowest BCUT2D eigenvalue weighted by atomic mass is 9.97. The van der Waals surface area contributed by atoms with Crippen molar-refractivity contribution >= 4 is 5.69 Å². The van der Waals surface area contributed by atoms with Crippen LogP contribution in [0.5, 0.6) is 0 Å². The Morgan fingerprint density at radius 3 is 2.60 bits per heavy atom. The Labute approximate surface area is 116 Å². The van der Waals surface area contributed by atoms with Crippen LogP contribution in [0, 0.1) is 11.6 Å². The number of rotatable bonds is 3. The first kappa shape index (κ1) is 13.1. The summed E-state index contributed by atoms with van der Waals surface area (Å²) in [4.78, 5) is 0. The van der Waals surface area contributed by atoms with Crippen LogP contribution in [0.15, 0.2) is 42.5 Å². The van der Waals surface area contributed by atoms with E-state index in [0.29, 0.717) is 13.2 Å². The van der Waals surface area contributed by atoms with E-state index in [0.717, 1.165) is 12.0 Å². The van der Waals surface area contributed by atoms with Gasteiger partial charge in [0.05, 0.1) is 12.7 Å². The number of nitrogens with one attached hydrogen (secondary N) is 1. The molecule has 1 aliphatic heterocycles. The van der Waals surface area contributed by atoms with E-state index in [4.69, 9.17) is 4.74 Å². The molecule has 1 unspecified atom stereocenters. The Morgan fingerprint density at radius 1 is 1.05 bits per heavy atom. The van der Waals surface area contributed by atoms with Gasteiger partial charge in [-0.15, -0.1) is 0 Å². The molecule has 2 aromatic carbocycles. The summed E-state index contributed by atoms with van der Waals surface area (Å²) < 4.78 is 32.8. The van der Waals surface area contributed by atoms with Gasteiger partial charge < -0.3 is 10.1 Å².